The molecular weight excluding hydrogens is 454 g/mol. The van der Waals surface area contributed by atoms with Crippen LogP contribution in [-0.4, -0.2) is 28.1 Å². The molecule has 5 rings (SSSR count). The number of halogens is 1. The molecule has 0 aliphatic heterocycles. The van der Waals surface area contributed by atoms with E-state index in [4.69, 9.17) is 34.3 Å². The fraction of sp³-hybridized carbons (Fsp3) is 0.444. The maximum absolute atomic E-state index is 13.3. The van der Waals surface area contributed by atoms with Crippen molar-refractivity contribution in [2.24, 2.45) is 11.8 Å². The summed E-state index contributed by atoms with van der Waals surface area (Å²) in [6.07, 6.45) is 6.46. The van der Waals surface area contributed by atoms with Crippen molar-refractivity contribution in [3.8, 4) is 0 Å². The van der Waals surface area contributed by atoms with Gasteiger partial charge in [-0.1, -0.05) is 43.4 Å². The summed E-state index contributed by atoms with van der Waals surface area (Å²) in [6, 6.07) is 9.04. The molecule has 0 amide bonds. The zero-order valence-electron chi connectivity index (χ0n) is 18.7. The lowest BCUT2D eigenvalue weighted by molar-refractivity contribution is -0.000564. The molecule has 0 bridgehead atoms. The average Bonchev–Trinajstić information content (AvgIpc) is 2.82. The number of hydrogen-bond donors (Lipinski definition) is 1. The number of carbonyl (C=O) groups excluding carboxylic acids is 2. The molecule has 4 unspecified atom stereocenters. The second kappa shape index (κ2) is 8.84. The number of rotatable bonds is 3. The van der Waals surface area contributed by atoms with Gasteiger partial charge in [-0.05, 0) is 68.4 Å². The van der Waals surface area contributed by atoms with Crippen LogP contribution in [0.2, 0.25) is 0 Å². The second-order valence-electron chi connectivity index (χ2n) is 9.58. The topological polar surface area (TPSA) is 69.4 Å². The van der Waals surface area contributed by atoms with Crippen LogP contribution in [0.1, 0.15) is 88.4 Å². The summed E-state index contributed by atoms with van der Waals surface area (Å²) in [5.74, 6) is 0.694. The molecule has 4 atom stereocenters. The molecule has 2 fully saturated rings. The molecule has 4 nitrogen and oxygen atoms in total. The van der Waals surface area contributed by atoms with E-state index < -0.39 is 5.97 Å². The van der Waals surface area contributed by atoms with Gasteiger partial charge in [0.25, 0.3) is 0 Å². The van der Waals surface area contributed by atoms with E-state index in [2.05, 4.69) is 0 Å². The van der Waals surface area contributed by atoms with Gasteiger partial charge in [0.05, 0.1) is 16.1 Å². The molecule has 3 aliphatic carbocycles. The summed E-state index contributed by atoms with van der Waals surface area (Å²) in [4.78, 5) is 27.1. The second-order valence-corrected chi connectivity index (χ2v) is 10.6. The molecule has 0 aromatic heterocycles. The summed E-state index contributed by atoms with van der Waals surface area (Å²) in [5.41, 5.74) is 10.1. The van der Waals surface area contributed by atoms with E-state index in [9.17, 15) is 9.59 Å². The highest BCUT2D eigenvalue weighted by Crippen LogP contribution is 2.43. The van der Waals surface area contributed by atoms with Gasteiger partial charge in [0, 0.05) is 27.6 Å². The highest BCUT2D eigenvalue weighted by atomic mass is 35.5. The number of hydrogen-bond acceptors (Lipinski definition) is 5. The number of fused-ring (bicyclic) bond motifs is 3. The van der Waals surface area contributed by atoms with E-state index in [0.717, 1.165) is 44.1 Å². The molecule has 0 saturated heterocycles. The normalized spacial score (nSPS) is 26.2. The highest BCUT2D eigenvalue weighted by Gasteiger charge is 2.37. The van der Waals surface area contributed by atoms with Crippen LogP contribution in [0.25, 0.3) is 0 Å². The lowest BCUT2D eigenvalue weighted by Gasteiger charge is -2.40. The first-order valence-electron chi connectivity index (χ1n) is 11.9. The number of alkyl halides is 1. The predicted molar refractivity (Wildman–Crippen MR) is 134 cm³/mol. The summed E-state index contributed by atoms with van der Waals surface area (Å²) in [5, 5.41) is 0.282. The number of nitrogen functional groups attached to an aromatic ring is 1. The first kappa shape index (κ1) is 22.5. The molecule has 6 heteroatoms. The Balaban J connectivity index is 1.44. The van der Waals surface area contributed by atoms with E-state index in [1.54, 1.807) is 12.1 Å². The summed E-state index contributed by atoms with van der Waals surface area (Å²) in [6.45, 7) is 1.96. The van der Waals surface area contributed by atoms with Gasteiger partial charge in [-0.2, -0.15) is 0 Å². The quantitative estimate of drug-likeness (QED) is 0.219. The molecule has 0 spiro atoms. The number of ether oxygens (including phenoxy) is 1. The zero-order valence-corrected chi connectivity index (χ0v) is 20.3. The Morgan fingerprint density at radius 2 is 1.79 bits per heavy atom. The van der Waals surface area contributed by atoms with Gasteiger partial charge in [-0.3, -0.25) is 4.79 Å². The van der Waals surface area contributed by atoms with Gasteiger partial charge in [0.2, 0.25) is 0 Å². The van der Waals surface area contributed by atoms with Crippen molar-refractivity contribution in [1.82, 2.24) is 0 Å². The van der Waals surface area contributed by atoms with Gasteiger partial charge in [0.15, 0.2) is 5.78 Å². The van der Waals surface area contributed by atoms with Crippen molar-refractivity contribution in [3.63, 3.8) is 0 Å². The van der Waals surface area contributed by atoms with Crippen molar-refractivity contribution in [3.05, 3.63) is 63.7 Å². The van der Waals surface area contributed by atoms with E-state index >= 15 is 0 Å². The van der Waals surface area contributed by atoms with E-state index in [-0.39, 0.29) is 23.0 Å². The molecule has 172 valence electrons. The predicted octanol–water partition coefficient (Wildman–Crippen LogP) is 5.87. The number of benzene rings is 2. The minimum atomic E-state index is -0.423. The van der Waals surface area contributed by atoms with E-state index in [0.29, 0.717) is 50.9 Å². The largest absolute Gasteiger partial charge is 0.459 e. The molecular formula is C27H28ClNO3S. The molecule has 2 saturated carbocycles. The average molecular weight is 482 g/mol. The standard InChI is InChI=1S/C27H28ClNO3S/c1-2-14-13-21(27(31)32-18-10-8-15-11-17(28)9-7-16(15)12-18)24(29)23-22(14)25(30)19-5-3-4-6-20(19)26(23)33/h3-6,13,15-18H,2,7-12,29H2,1H3. The van der Waals surface area contributed by atoms with Gasteiger partial charge >= 0.3 is 5.97 Å². The third kappa shape index (κ3) is 3.89. The van der Waals surface area contributed by atoms with E-state index in [1.165, 1.54) is 0 Å². The Bertz CT molecular complexity index is 1160. The van der Waals surface area contributed by atoms with Crippen LogP contribution in [0.3, 0.4) is 0 Å². The van der Waals surface area contributed by atoms with Crippen molar-refractivity contribution in [1.29, 1.82) is 0 Å². The van der Waals surface area contributed by atoms with Gasteiger partial charge in [-0.25, -0.2) is 4.79 Å². The lowest BCUT2D eigenvalue weighted by atomic mass is 9.70. The third-order valence-corrected chi connectivity index (χ3v) is 8.52. The number of esters is 1. The molecule has 2 aromatic carbocycles. The fourth-order valence-corrected chi connectivity index (χ4v) is 6.70. The lowest BCUT2D eigenvalue weighted by Crippen LogP contribution is -2.35. The number of thiocarbonyl (C=S) groups is 1. The summed E-state index contributed by atoms with van der Waals surface area (Å²) < 4.78 is 5.98. The van der Waals surface area contributed by atoms with Crippen molar-refractivity contribution in [2.45, 2.75) is 63.4 Å². The van der Waals surface area contributed by atoms with Gasteiger partial charge in [0.1, 0.15) is 6.10 Å². The molecule has 2 N–H and O–H groups in total. The van der Waals surface area contributed by atoms with E-state index in [1.807, 2.05) is 25.1 Å². The van der Waals surface area contributed by atoms with Crippen LogP contribution >= 0.6 is 23.8 Å². The monoisotopic (exact) mass is 481 g/mol. The minimum absolute atomic E-state index is 0.0918. The Morgan fingerprint density at radius 3 is 2.55 bits per heavy atom. The maximum atomic E-state index is 13.3. The Hall–Kier alpha value is -2.24. The summed E-state index contributed by atoms with van der Waals surface area (Å²) >= 11 is 12.1. The number of ketones is 1. The summed E-state index contributed by atoms with van der Waals surface area (Å²) in [7, 11) is 0. The van der Waals surface area contributed by atoms with Crippen molar-refractivity contribution >= 4 is 46.1 Å². The highest BCUT2D eigenvalue weighted by molar-refractivity contribution is 7.81. The van der Waals surface area contributed by atoms with Crippen LogP contribution in [0, 0.1) is 11.8 Å². The zero-order chi connectivity index (χ0) is 23.3. The SMILES string of the molecule is CCc1cc(C(=O)OC2CCC3CC(Cl)CCC3C2)c(N)c2c1C(=O)c1ccccc1C2=S. The van der Waals surface area contributed by atoms with Gasteiger partial charge in [-0.15, -0.1) is 11.6 Å². The maximum Gasteiger partial charge on any atom is 0.340 e. The van der Waals surface area contributed by atoms with Crippen LogP contribution in [0.4, 0.5) is 5.69 Å². The first-order valence-corrected chi connectivity index (χ1v) is 12.7. The molecule has 2 aromatic rings. The number of aryl methyl sites for hydroxylation is 1. The smallest absolute Gasteiger partial charge is 0.340 e. The number of nitrogens with two attached hydrogens (primary N) is 1. The fourth-order valence-electron chi connectivity index (χ4n) is 5.96. The molecule has 3 aliphatic rings. The molecule has 0 radical (unpaired) electrons. The molecule has 33 heavy (non-hydrogen) atoms. The van der Waals surface area contributed by atoms with Crippen LogP contribution in [0.15, 0.2) is 30.3 Å². The van der Waals surface area contributed by atoms with Crippen LogP contribution < -0.4 is 5.73 Å². The first-order chi connectivity index (χ1) is 15.9. The Morgan fingerprint density at radius 1 is 1.09 bits per heavy atom. The number of anilines is 1. The number of carbonyl (C=O) groups is 2. The van der Waals surface area contributed by atoms with Crippen LogP contribution in [-0.2, 0) is 11.2 Å². The third-order valence-electron chi connectivity index (χ3n) is 7.70. The van der Waals surface area contributed by atoms with Crippen molar-refractivity contribution < 1.29 is 14.3 Å². The Kier molecular flexibility index (Phi) is 6.04. The van der Waals surface area contributed by atoms with Crippen LogP contribution in [0.5, 0.6) is 0 Å². The van der Waals surface area contributed by atoms with Gasteiger partial charge < -0.3 is 10.5 Å². The minimum Gasteiger partial charge on any atom is -0.459 e. The Labute approximate surface area is 204 Å². The van der Waals surface area contributed by atoms with Crippen molar-refractivity contribution in [2.75, 3.05) is 5.73 Å². The molecule has 0 heterocycles.